The number of nitrogens with two attached hydrogens (primary N) is 1. The highest BCUT2D eigenvalue weighted by Gasteiger charge is 2.32. The van der Waals surface area contributed by atoms with Gasteiger partial charge in [-0.15, -0.1) is 0 Å². The zero-order valence-corrected chi connectivity index (χ0v) is 7.96. The summed E-state index contributed by atoms with van der Waals surface area (Å²) in [4.78, 5) is 3.09. The van der Waals surface area contributed by atoms with Gasteiger partial charge in [-0.1, -0.05) is 0 Å². The molecule has 1 aliphatic rings. The van der Waals surface area contributed by atoms with Crippen LogP contribution < -0.4 is 11.1 Å². The predicted molar refractivity (Wildman–Crippen MR) is 53.3 cm³/mol. The quantitative estimate of drug-likeness (QED) is 0.648. The number of nitrogens with one attached hydrogen (secondary N) is 2. The summed E-state index contributed by atoms with van der Waals surface area (Å²) in [5.41, 5.74) is 7.13. The predicted octanol–water partition coefficient (Wildman–Crippen LogP) is 1.01. The number of rotatable bonds is 3. The number of hydrogen-bond donors (Lipinski definition) is 3. The number of aromatic nitrogens is 1. The Morgan fingerprint density at radius 1 is 1.62 bits per heavy atom. The van der Waals surface area contributed by atoms with E-state index in [4.69, 9.17) is 5.73 Å². The molecule has 1 aromatic rings. The molecule has 3 nitrogen and oxygen atoms in total. The second kappa shape index (κ2) is 3.52. The Labute approximate surface area is 78.7 Å². The van der Waals surface area contributed by atoms with Crippen LogP contribution in [0, 0.1) is 5.92 Å². The van der Waals surface area contributed by atoms with Gasteiger partial charge in [0, 0.05) is 24.5 Å². The maximum absolute atomic E-state index is 5.78. The SMILES string of the molecule is CNC(c1cc[nH]c1)C1CC(N)C1. The first-order chi connectivity index (χ1) is 6.31. The van der Waals surface area contributed by atoms with Crippen molar-refractivity contribution in [1.29, 1.82) is 0 Å². The largest absolute Gasteiger partial charge is 0.367 e. The smallest absolute Gasteiger partial charge is 0.0362 e. The number of aromatic amines is 1. The van der Waals surface area contributed by atoms with E-state index in [9.17, 15) is 0 Å². The standard InChI is InChI=1S/C10H17N3/c1-12-10(7-2-3-13-6-7)8-4-9(11)5-8/h2-3,6,8-10,12-13H,4-5,11H2,1H3. The van der Waals surface area contributed by atoms with Crippen molar-refractivity contribution in [3.63, 3.8) is 0 Å². The van der Waals surface area contributed by atoms with Crippen LogP contribution in [0.5, 0.6) is 0 Å². The molecular formula is C10H17N3. The molecule has 1 atom stereocenters. The van der Waals surface area contributed by atoms with Crippen molar-refractivity contribution in [2.75, 3.05) is 7.05 Å². The van der Waals surface area contributed by atoms with Gasteiger partial charge < -0.3 is 16.0 Å². The summed E-state index contributed by atoms with van der Waals surface area (Å²) in [6.07, 6.45) is 6.33. The Hall–Kier alpha value is -0.800. The molecule has 1 fully saturated rings. The third-order valence-electron chi connectivity index (χ3n) is 2.97. The summed E-state index contributed by atoms with van der Waals surface area (Å²) in [5, 5.41) is 3.35. The molecule has 13 heavy (non-hydrogen) atoms. The van der Waals surface area contributed by atoms with Gasteiger partial charge in [-0.2, -0.15) is 0 Å². The maximum atomic E-state index is 5.78. The average Bonchev–Trinajstić information content (AvgIpc) is 2.55. The molecule has 0 saturated heterocycles. The Balaban J connectivity index is 2.02. The first-order valence-corrected chi connectivity index (χ1v) is 4.87. The molecule has 0 aromatic carbocycles. The highest BCUT2D eigenvalue weighted by atomic mass is 14.9. The summed E-state index contributed by atoms with van der Waals surface area (Å²) in [6, 6.07) is 3.04. The first kappa shape index (κ1) is 8.78. The van der Waals surface area contributed by atoms with Crippen molar-refractivity contribution < 1.29 is 0 Å². The minimum absolute atomic E-state index is 0.430. The lowest BCUT2D eigenvalue weighted by atomic mass is 9.74. The average molecular weight is 179 g/mol. The Kier molecular flexibility index (Phi) is 2.38. The van der Waals surface area contributed by atoms with E-state index in [0.717, 1.165) is 18.8 Å². The molecule has 1 aliphatic carbocycles. The van der Waals surface area contributed by atoms with Crippen LogP contribution in [0.15, 0.2) is 18.5 Å². The first-order valence-electron chi connectivity index (χ1n) is 4.87. The molecule has 0 bridgehead atoms. The van der Waals surface area contributed by atoms with E-state index in [1.807, 2.05) is 13.2 Å². The topological polar surface area (TPSA) is 53.8 Å². The zero-order valence-electron chi connectivity index (χ0n) is 7.96. The van der Waals surface area contributed by atoms with Gasteiger partial charge in [-0.05, 0) is 37.4 Å². The lowest BCUT2D eigenvalue weighted by Gasteiger charge is -2.38. The van der Waals surface area contributed by atoms with Gasteiger partial charge in [0.05, 0.1) is 0 Å². The Morgan fingerprint density at radius 3 is 2.85 bits per heavy atom. The van der Waals surface area contributed by atoms with Crippen LogP contribution in [0.3, 0.4) is 0 Å². The van der Waals surface area contributed by atoms with E-state index in [1.54, 1.807) is 0 Å². The lowest BCUT2D eigenvalue weighted by Crippen LogP contribution is -2.42. The molecule has 0 aliphatic heterocycles. The Morgan fingerprint density at radius 2 is 2.38 bits per heavy atom. The van der Waals surface area contributed by atoms with Crippen LogP contribution in [0.25, 0.3) is 0 Å². The minimum Gasteiger partial charge on any atom is -0.367 e. The van der Waals surface area contributed by atoms with E-state index in [0.29, 0.717) is 12.1 Å². The van der Waals surface area contributed by atoms with Gasteiger partial charge in [0.2, 0.25) is 0 Å². The van der Waals surface area contributed by atoms with Crippen LogP contribution in [-0.4, -0.2) is 18.1 Å². The van der Waals surface area contributed by atoms with Gasteiger partial charge in [-0.3, -0.25) is 0 Å². The maximum Gasteiger partial charge on any atom is 0.0362 e. The van der Waals surface area contributed by atoms with E-state index >= 15 is 0 Å². The van der Waals surface area contributed by atoms with Crippen LogP contribution >= 0.6 is 0 Å². The lowest BCUT2D eigenvalue weighted by molar-refractivity contribution is 0.204. The van der Waals surface area contributed by atoms with Crippen molar-refractivity contribution in [3.05, 3.63) is 24.0 Å². The van der Waals surface area contributed by atoms with Crippen molar-refractivity contribution in [2.45, 2.75) is 24.9 Å². The van der Waals surface area contributed by atoms with E-state index in [-0.39, 0.29) is 0 Å². The molecule has 1 aromatic heterocycles. The molecule has 0 amide bonds. The van der Waals surface area contributed by atoms with Gasteiger partial charge in [0.1, 0.15) is 0 Å². The molecule has 4 N–H and O–H groups in total. The Bertz CT molecular complexity index is 249. The summed E-state index contributed by atoms with van der Waals surface area (Å²) in [5.74, 6) is 0.718. The third kappa shape index (κ3) is 1.62. The highest BCUT2D eigenvalue weighted by molar-refractivity contribution is 5.16. The van der Waals surface area contributed by atoms with Crippen LogP contribution in [0.4, 0.5) is 0 Å². The minimum atomic E-state index is 0.430. The molecule has 1 unspecified atom stereocenters. The van der Waals surface area contributed by atoms with Gasteiger partial charge in [-0.25, -0.2) is 0 Å². The molecule has 3 heteroatoms. The van der Waals surface area contributed by atoms with E-state index in [1.165, 1.54) is 5.56 Å². The normalized spacial score (nSPS) is 29.7. The summed E-state index contributed by atoms with van der Waals surface area (Å²) >= 11 is 0. The van der Waals surface area contributed by atoms with Gasteiger partial charge in [0.25, 0.3) is 0 Å². The molecule has 0 spiro atoms. The number of H-pyrrole nitrogens is 1. The second-order valence-corrected chi connectivity index (χ2v) is 3.90. The highest BCUT2D eigenvalue weighted by Crippen LogP contribution is 2.36. The summed E-state index contributed by atoms with van der Waals surface area (Å²) in [6.45, 7) is 0. The van der Waals surface area contributed by atoms with Crippen molar-refractivity contribution in [2.24, 2.45) is 11.7 Å². The second-order valence-electron chi connectivity index (χ2n) is 3.90. The van der Waals surface area contributed by atoms with Crippen molar-refractivity contribution >= 4 is 0 Å². The molecule has 1 saturated carbocycles. The van der Waals surface area contributed by atoms with E-state index < -0.39 is 0 Å². The summed E-state index contributed by atoms with van der Waals surface area (Å²) in [7, 11) is 2.02. The fourth-order valence-corrected chi connectivity index (χ4v) is 2.19. The van der Waals surface area contributed by atoms with Crippen LogP contribution in [0.1, 0.15) is 24.4 Å². The van der Waals surface area contributed by atoms with Crippen molar-refractivity contribution in [3.8, 4) is 0 Å². The molecule has 2 rings (SSSR count). The fourth-order valence-electron chi connectivity index (χ4n) is 2.19. The van der Waals surface area contributed by atoms with Gasteiger partial charge >= 0.3 is 0 Å². The van der Waals surface area contributed by atoms with Gasteiger partial charge in [0.15, 0.2) is 0 Å². The molecular weight excluding hydrogens is 162 g/mol. The van der Waals surface area contributed by atoms with Crippen LogP contribution in [0.2, 0.25) is 0 Å². The van der Waals surface area contributed by atoms with Crippen molar-refractivity contribution in [1.82, 2.24) is 10.3 Å². The van der Waals surface area contributed by atoms with Crippen LogP contribution in [-0.2, 0) is 0 Å². The number of hydrogen-bond acceptors (Lipinski definition) is 2. The fraction of sp³-hybridized carbons (Fsp3) is 0.600. The zero-order chi connectivity index (χ0) is 9.26. The third-order valence-corrected chi connectivity index (χ3v) is 2.97. The van der Waals surface area contributed by atoms with E-state index in [2.05, 4.69) is 22.6 Å². The molecule has 72 valence electrons. The summed E-state index contributed by atoms with van der Waals surface area (Å²) < 4.78 is 0. The molecule has 1 heterocycles. The molecule has 0 radical (unpaired) electrons. The monoisotopic (exact) mass is 179 g/mol.